The summed E-state index contributed by atoms with van der Waals surface area (Å²) in [6.07, 6.45) is 1.30. The van der Waals surface area contributed by atoms with Gasteiger partial charge in [0.1, 0.15) is 0 Å². The van der Waals surface area contributed by atoms with Crippen LogP contribution in [0.4, 0.5) is 10.5 Å². The topological polar surface area (TPSA) is 107 Å². The zero-order chi connectivity index (χ0) is 25.4. The predicted molar refractivity (Wildman–Crippen MR) is 129 cm³/mol. The van der Waals surface area contributed by atoms with E-state index in [0.717, 1.165) is 5.56 Å². The zero-order valence-corrected chi connectivity index (χ0v) is 20.5. The van der Waals surface area contributed by atoms with Gasteiger partial charge in [0.15, 0.2) is 11.5 Å². The van der Waals surface area contributed by atoms with E-state index < -0.39 is 12.0 Å². The van der Waals surface area contributed by atoms with Crippen LogP contribution in [0.15, 0.2) is 36.4 Å². The lowest BCUT2D eigenvalue weighted by atomic mass is 10.1. The van der Waals surface area contributed by atoms with Gasteiger partial charge in [-0.2, -0.15) is 0 Å². The molecule has 0 radical (unpaired) electrons. The van der Waals surface area contributed by atoms with Crippen LogP contribution < -0.4 is 19.5 Å². The highest BCUT2D eigenvalue weighted by Gasteiger charge is 2.30. The standard InChI is InChI=1S/C25H31N3O7/c1-5-35-24(30)18-8-6-9-19(16-18)26-25(31)28-13-7-12-27(28)22(29)11-10-17-14-20(32-2)23(34-4)21(15-17)33-3/h6,8-9,14-16H,5,7,10-13H2,1-4H3,(H,26,31). The molecule has 1 aliphatic rings. The highest BCUT2D eigenvalue weighted by atomic mass is 16.5. The summed E-state index contributed by atoms with van der Waals surface area (Å²) < 4.78 is 21.1. The molecule has 0 saturated carbocycles. The summed E-state index contributed by atoms with van der Waals surface area (Å²) in [5, 5.41) is 5.62. The Hall–Kier alpha value is -3.95. The minimum atomic E-state index is -0.464. The number of hydrogen-bond donors (Lipinski definition) is 1. The number of benzene rings is 2. The SMILES string of the molecule is CCOC(=O)c1cccc(NC(=O)N2CCCN2C(=O)CCc2cc(OC)c(OC)c(OC)c2)c1. The molecule has 2 aromatic carbocycles. The van der Waals surface area contributed by atoms with E-state index in [2.05, 4.69) is 5.32 Å². The van der Waals surface area contributed by atoms with Crippen molar-refractivity contribution < 1.29 is 33.3 Å². The number of hydrazine groups is 1. The first-order valence-corrected chi connectivity index (χ1v) is 11.4. The van der Waals surface area contributed by atoms with Gasteiger partial charge in [-0.3, -0.25) is 9.80 Å². The van der Waals surface area contributed by atoms with Crippen molar-refractivity contribution in [1.82, 2.24) is 10.0 Å². The number of carbonyl (C=O) groups excluding carboxylic acids is 3. The molecule has 0 unspecified atom stereocenters. The van der Waals surface area contributed by atoms with E-state index in [1.54, 1.807) is 43.3 Å². The number of nitrogens with one attached hydrogen (secondary N) is 1. The Kier molecular flexibility index (Phi) is 8.77. The third-order valence-corrected chi connectivity index (χ3v) is 5.53. The second kappa shape index (κ2) is 12.0. The van der Waals surface area contributed by atoms with Crippen molar-refractivity contribution in [3.8, 4) is 17.2 Å². The molecular formula is C25H31N3O7. The molecule has 0 aliphatic carbocycles. The van der Waals surface area contributed by atoms with Crippen LogP contribution in [0.1, 0.15) is 35.7 Å². The monoisotopic (exact) mass is 485 g/mol. The van der Waals surface area contributed by atoms with Crippen molar-refractivity contribution in [3.05, 3.63) is 47.5 Å². The van der Waals surface area contributed by atoms with Crippen molar-refractivity contribution >= 4 is 23.6 Å². The molecule has 0 atom stereocenters. The number of carbonyl (C=O) groups is 3. The van der Waals surface area contributed by atoms with E-state index in [4.69, 9.17) is 18.9 Å². The van der Waals surface area contributed by atoms with Crippen molar-refractivity contribution in [2.45, 2.75) is 26.2 Å². The normalized spacial score (nSPS) is 12.8. The van der Waals surface area contributed by atoms with E-state index in [9.17, 15) is 14.4 Å². The second-order valence-corrected chi connectivity index (χ2v) is 7.76. The summed E-state index contributed by atoms with van der Waals surface area (Å²) in [7, 11) is 4.61. The summed E-state index contributed by atoms with van der Waals surface area (Å²) in [6.45, 7) is 2.85. The van der Waals surface area contributed by atoms with Crippen LogP contribution in [0.25, 0.3) is 0 Å². The van der Waals surface area contributed by atoms with Gasteiger partial charge in [-0.05, 0) is 55.7 Å². The first kappa shape index (κ1) is 25.7. The molecule has 1 saturated heterocycles. The third kappa shape index (κ3) is 6.14. The molecule has 3 rings (SSSR count). The minimum absolute atomic E-state index is 0.174. The molecule has 1 aliphatic heterocycles. The fourth-order valence-electron chi connectivity index (χ4n) is 3.87. The highest BCUT2D eigenvalue weighted by Crippen LogP contribution is 2.38. The van der Waals surface area contributed by atoms with Gasteiger partial charge in [0.2, 0.25) is 11.7 Å². The number of amides is 3. The van der Waals surface area contributed by atoms with E-state index in [-0.39, 0.29) is 18.9 Å². The van der Waals surface area contributed by atoms with Gasteiger partial charge in [0.05, 0.1) is 33.5 Å². The predicted octanol–water partition coefficient (Wildman–Crippen LogP) is 3.50. The van der Waals surface area contributed by atoms with E-state index >= 15 is 0 Å². The lowest BCUT2D eigenvalue weighted by molar-refractivity contribution is -0.139. The maximum atomic E-state index is 13.0. The van der Waals surface area contributed by atoms with Gasteiger partial charge in [0, 0.05) is 25.2 Å². The summed E-state index contributed by atoms with van der Waals surface area (Å²) in [4.78, 5) is 37.9. The molecule has 35 heavy (non-hydrogen) atoms. The van der Waals surface area contributed by atoms with Crippen molar-refractivity contribution in [2.75, 3.05) is 46.3 Å². The molecule has 2 aromatic rings. The first-order chi connectivity index (χ1) is 16.9. The summed E-state index contributed by atoms with van der Waals surface area (Å²) >= 11 is 0. The maximum Gasteiger partial charge on any atom is 0.340 e. The minimum Gasteiger partial charge on any atom is -0.493 e. The van der Waals surface area contributed by atoms with Gasteiger partial charge in [-0.25, -0.2) is 14.6 Å². The molecule has 3 amide bonds. The summed E-state index contributed by atoms with van der Waals surface area (Å²) in [5.74, 6) is 0.877. The Morgan fingerprint density at radius 3 is 2.26 bits per heavy atom. The fourth-order valence-corrected chi connectivity index (χ4v) is 3.87. The Bertz CT molecular complexity index is 1050. The highest BCUT2D eigenvalue weighted by molar-refractivity contribution is 5.94. The van der Waals surface area contributed by atoms with Crippen LogP contribution >= 0.6 is 0 Å². The van der Waals surface area contributed by atoms with Crippen LogP contribution in [0.2, 0.25) is 0 Å². The lowest BCUT2D eigenvalue weighted by Crippen LogP contribution is -2.46. The lowest BCUT2D eigenvalue weighted by Gasteiger charge is -2.28. The molecule has 10 nitrogen and oxygen atoms in total. The molecule has 1 fully saturated rings. The molecule has 0 bridgehead atoms. The van der Waals surface area contributed by atoms with E-state index in [0.29, 0.717) is 54.4 Å². The van der Waals surface area contributed by atoms with Crippen LogP contribution in [0.3, 0.4) is 0 Å². The number of aryl methyl sites for hydroxylation is 1. The number of esters is 1. The zero-order valence-electron chi connectivity index (χ0n) is 20.5. The van der Waals surface area contributed by atoms with Crippen LogP contribution in [0.5, 0.6) is 17.2 Å². The molecule has 0 spiro atoms. The molecule has 0 aromatic heterocycles. The number of urea groups is 1. The maximum absolute atomic E-state index is 13.0. The Morgan fingerprint density at radius 1 is 0.943 bits per heavy atom. The van der Waals surface area contributed by atoms with E-state index in [1.807, 2.05) is 0 Å². The Morgan fingerprint density at radius 2 is 1.63 bits per heavy atom. The number of rotatable bonds is 9. The summed E-state index contributed by atoms with van der Waals surface area (Å²) in [5.41, 5.74) is 1.63. The molecular weight excluding hydrogens is 454 g/mol. The van der Waals surface area contributed by atoms with Gasteiger partial charge in [0.25, 0.3) is 0 Å². The third-order valence-electron chi connectivity index (χ3n) is 5.53. The fraction of sp³-hybridized carbons (Fsp3) is 0.400. The van der Waals surface area contributed by atoms with Crippen molar-refractivity contribution in [3.63, 3.8) is 0 Å². The average Bonchev–Trinajstić information content (AvgIpc) is 3.37. The molecule has 188 valence electrons. The van der Waals surface area contributed by atoms with E-state index in [1.165, 1.54) is 31.3 Å². The van der Waals surface area contributed by atoms with Crippen molar-refractivity contribution in [1.29, 1.82) is 0 Å². The van der Waals surface area contributed by atoms with Gasteiger partial charge in [-0.1, -0.05) is 6.07 Å². The number of methoxy groups -OCH3 is 3. The van der Waals surface area contributed by atoms with Crippen LogP contribution in [-0.2, 0) is 16.0 Å². The first-order valence-electron chi connectivity index (χ1n) is 11.4. The second-order valence-electron chi connectivity index (χ2n) is 7.76. The number of hydrogen-bond acceptors (Lipinski definition) is 7. The largest absolute Gasteiger partial charge is 0.493 e. The van der Waals surface area contributed by atoms with Gasteiger partial charge in [-0.15, -0.1) is 0 Å². The average molecular weight is 486 g/mol. The van der Waals surface area contributed by atoms with Crippen molar-refractivity contribution in [2.24, 2.45) is 0 Å². The molecule has 1 N–H and O–H groups in total. The number of ether oxygens (including phenoxy) is 4. The van der Waals surface area contributed by atoms with Crippen LogP contribution in [0, 0.1) is 0 Å². The number of anilines is 1. The number of nitrogens with zero attached hydrogens (tertiary/aromatic N) is 2. The smallest absolute Gasteiger partial charge is 0.340 e. The summed E-state index contributed by atoms with van der Waals surface area (Å²) in [6, 6.07) is 9.66. The van der Waals surface area contributed by atoms with Gasteiger partial charge >= 0.3 is 12.0 Å². The van der Waals surface area contributed by atoms with Crippen LogP contribution in [-0.4, -0.2) is 69.0 Å². The quantitative estimate of drug-likeness (QED) is 0.542. The Labute approximate surface area is 204 Å². The molecule has 1 heterocycles. The molecule has 10 heteroatoms. The Balaban J connectivity index is 1.65. The van der Waals surface area contributed by atoms with Gasteiger partial charge < -0.3 is 24.3 Å².